The standard InChI is InChI=1S/C17H25N5.HI/c1-17(2,3)22-16(18-4)20-12-11-19-15-10-9-13-7-5-6-8-14(13)21-15;/h5-10H,11-12H2,1-4H3,(H,19,21)(H2,18,20,22);1H. The number of halogens is 1. The van der Waals surface area contributed by atoms with Gasteiger partial charge in [-0.1, -0.05) is 18.2 Å². The number of guanidine groups is 1. The van der Waals surface area contributed by atoms with Crippen molar-refractivity contribution in [1.29, 1.82) is 0 Å². The first kappa shape index (κ1) is 19.5. The Morgan fingerprint density at radius 1 is 1.09 bits per heavy atom. The van der Waals surface area contributed by atoms with E-state index in [1.54, 1.807) is 7.05 Å². The third-order valence-electron chi connectivity index (χ3n) is 3.04. The van der Waals surface area contributed by atoms with Gasteiger partial charge in [-0.2, -0.15) is 0 Å². The molecule has 0 radical (unpaired) electrons. The number of hydrogen-bond donors (Lipinski definition) is 3. The molecule has 23 heavy (non-hydrogen) atoms. The van der Waals surface area contributed by atoms with E-state index in [9.17, 15) is 0 Å². The van der Waals surface area contributed by atoms with E-state index in [1.807, 2.05) is 24.3 Å². The van der Waals surface area contributed by atoms with Gasteiger partial charge in [0.1, 0.15) is 5.82 Å². The lowest BCUT2D eigenvalue weighted by molar-refractivity contribution is 0.502. The Hall–Kier alpha value is -1.57. The lowest BCUT2D eigenvalue weighted by Crippen LogP contribution is -2.48. The molecule has 3 N–H and O–H groups in total. The van der Waals surface area contributed by atoms with E-state index in [1.165, 1.54) is 0 Å². The molecule has 2 rings (SSSR count). The summed E-state index contributed by atoms with van der Waals surface area (Å²) in [5.74, 6) is 1.69. The van der Waals surface area contributed by atoms with Gasteiger partial charge < -0.3 is 16.0 Å². The predicted molar refractivity (Wildman–Crippen MR) is 110 cm³/mol. The predicted octanol–water partition coefficient (Wildman–Crippen LogP) is 3.23. The summed E-state index contributed by atoms with van der Waals surface area (Å²) < 4.78 is 0. The highest BCUT2D eigenvalue weighted by atomic mass is 127. The van der Waals surface area contributed by atoms with Crippen molar-refractivity contribution in [1.82, 2.24) is 15.6 Å². The number of para-hydroxylation sites is 1. The fourth-order valence-electron chi connectivity index (χ4n) is 2.07. The highest BCUT2D eigenvalue weighted by Gasteiger charge is 2.11. The molecule has 0 aliphatic rings. The van der Waals surface area contributed by atoms with Crippen LogP contribution in [0.1, 0.15) is 20.8 Å². The minimum Gasteiger partial charge on any atom is -0.368 e. The zero-order valence-corrected chi connectivity index (χ0v) is 16.5. The SMILES string of the molecule is CN=C(NCCNc1ccc2ccccc2n1)NC(C)(C)C.I. The molecule has 1 aromatic heterocycles. The van der Waals surface area contributed by atoms with Crippen molar-refractivity contribution in [2.24, 2.45) is 4.99 Å². The van der Waals surface area contributed by atoms with E-state index in [0.29, 0.717) is 0 Å². The van der Waals surface area contributed by atoms with Crippen molar-refractivity contribution in [2.45, 2.75) is 26.3 Å². The minimum absolute atomic E-state index is 0. The van der Waals surface area contributed by atoms with E-state index in [4.69, 9.17) is 0 Å². The van der Waals surface area contributed by atoms with Gasteiger partial charge in [-0.15, -0.1) is 24.0 Å². The van der Waals surface area contributed by atoms with Gasteiger partial charge >= 0.3 is 0 Å². The van der Waals surface area contributed by atoms with Crippen LogP contribution in [0.3, 0.4) is 0 Å². The summed E-state index contributed by atoms with van der Waals surface area (Å²) in [7, 11) is 1.78. The minimum atomic E-state index is -0.00479. The molecular formula is C17H26IN5. The van der Waals surface area contributed by atoms with Crippen LogP contribution in [0.5, 0.6) is 0 Å². The molecule has 6 heteroatoms. The van der Waals surface area contributed by atoms with Crippen molar-refractivity contribution in [3.8, 4) is 0 Å². The molecule has 0 unspecified atom stereocenters. The number of nitrogens with one attached hydrogen (secondary N) is 3. The first-order valence-electron chi connectivity index (χ1n) is 7.56. The summed E-state index contributed by atoms with van der Waals surface area (Å²) in [4.78, 5) is 8.80. The first-order chi connectivity index (χ1) is 10.5. The Kier molecular flexibility index (Phi) is 7.54. The van der Waals surface area contributed by atoms with E-state index in [2.05, 4.69) is 58.8 Å². The van der Waals surface area contributed by atoms with E-state index in [-0.39, 0.29) is 29.5 Å². The van der Waals surface area contributed by atoms with Crippen LogP contribution < -0.4 is 16.0 Å². The average Bonchev–Trinajstić information content (AvgIpc) is 2.49. The molecule has 0 saturated heterocycles. The molecular weight excluding hydrogens is 401 g/mol. The van der Waals surface area contributed by atoms with Gasteiger partial charge in [0.2, 0.25) is 0 Å². The smallest absolute Gasteiger partial charge is 0.191 e. The van der Waals surface area contributed by atoms with Crippen molar-refractivity contribution >= 4 is 46.7 Å². The molecule has 1 heterocycles. The number of aliphatic imine (C=N–C) groups is 1. The Balaban J connectivity index is 0.00000264. The second kappa shape index (κ2) is 8.90. The van der Waals surface area contributed by atoms with Gasteiger partial charge in [0.25, 0.3) is 0 Å². The molecule has 0 amide bonds. The number of pyridine rings is 1. The van der Waals surface area contributed by atoms with Crippen LogP contribution in [0.2, 0.25) is 0 Å². The number of aromatic nitrogens is 1. The van der Waals surface area contributed by atoms with Crippen molar-refractivity contribution in [2.75, 3.05) is 25.5 Å². The lowest BCUT2D eigenvalue weighted by Gasteiger charge is -2.23. The molecule has 0 saturated carbocycles. The summed E-state index contributed by atoms with van der Waals surface area (Å²) in [5, 5.41) is 11.1. The Morgan fingerprint density at radius 3 is 2.52 bits per heavy atom. The van der Waals surface area contributed by atoms with Gasteiger partial charge in [-0.05, 0) is 39.0 Å². The third kappa shape index (κ3) is 6.60. The van der Waals surface area contributed by atoms with Crippen LogP contribution in [-0.4, -0.2) is 36.6 Å². The topological polar surface area (TPSA) is 61.3 Å². The number of hydrogen-bond acceptors (Lipinski definition) is 3. The third-order valence-corrected chi connectivity index (χ3v) is 3.04. The molecule has 5 nitrogen and oxygen atoms in total. The molecule has 2 aromatic rings. The van der Waals surface area contributed by atoms with E-state index >= 15 is 0 Å². The molecule has 1 aromatic carbocycles. The molecule has 0 aliphatic heterocycles. The maximum atomic E-state index is 4.59. The van der Waals surface area contributed by atoms with Crippen LogP contribution >= 0.6 is 24.0 Å². The fraction of sp³-hybridized carbons (Fsp3) is 0.412. The van der Waals surface area contributed by atoms with Crippen molar-refractivity contribution in [3.63, 3.8) is 0 Å². The Labute approximate surface area is 155 Å². The van der Waals surface area contributed by atoms with Crippen LogP contribution in [-0.2, 0) is 0 Å². The number of rotatable bonds is 4. The number of benzene rings is 1. The largest absolute Gasteiger partial charge is 0.368 e. The number of nitrogens with zero attached hydrogens (tertiary/aromatic N) is 2. The first-order valence-corrected chi connectivity index (χ1v) is 7.56. The molecule has 0 fully saturated rings. The molecule has 126 valence electrons. The fourth-order valence-corrected chi connectivity index (χ4v) is 2.07. The normalized spacial score (nSPS) is 11.7. The zero-order chi connectivity index (χ0) is 16.0. The average molecular weight is 427 g/mol. The van der Waals surface area contributed by atoms with Gasteiger partial charge in [-0.3, -0.25) is 4.99 Å². The van der Waals surface area contributed by atoms with Gasteiger partial charge in [0, 0.05) is 31.1 Å². The van der Waals surface area contributed by atoms with Crippen LogP contribution in [0.4, 0.5) is 5.82 Å². The summed E-state index contributed by atoms with van der Waals surface area (Å²) in [5.41, 5.74) is 1.00. The number of anilines is 1. The monoisotopic (exact) mass is 427 g/mol. The summed E-state index contributed by atoms with van der Waals surface area (Å²) in [6.45, 7) is 7.87. The summed E-state index contributed by atoms with van der Waals surface area (Å²) in [6.07, 6.45) is 0. The maximum Gasteiger partial charge on any atom is 0.191 e. The van der Waals surface area contributed by atoms with Gasteiger partial charge in [-0.25, -0.2) is 4.98 Å². The van der Waals surface area contributed by atoms with Crippen LogP contribution in [0, 0.1) is 0 Å². The zero-order valence-electron chi connectivity index (χ0n) is 14.2. The summed E-state index contributed by atoms with van der Waals surface area (Å²) >= 11 is 0. The number of fused-ring (bicyclic) bond motifs is 1. The molecule has 0 aliphatic carbocycles. The van der Waals surface area contributed by atoms with Crippen molar-refractivity contribution in [3.05, 3.63) is 36.4 Å². The quantitative estimate of drug-likeness (QED) is 0.304. The second-order valence-electron chi connectivity index (χ2n) is 6.19. The highest BCUT2D eigenvalue weighted by molar-refractivity contribution is 14.0. The Morgan fingerprint density at radius 2 is 1.83 bits per heavy atom. The van der Waals surface area contributed by atoms with E-state index in [0.717, 1.165) is 35.8 Å². The lowest BCUT2D eigenvalue weighted by atomic mass is 10.1. The maximum absolute atomic E-state index is 4.59. The van der Waals surface area contributed by atoms with Gasteiger partial charge in [0.05, 0.1) is 5.52 Å². The molecule has 0 atom stereocenters. The van der Waals surface area contributed by atoms with E-state index < -0.39 is 0 Å². The summed E-state index contributed by atoms with van der Waals surface area (Å²) in [6, 6.07) is 12.2. The van der Waals surface area contributed by atoms with Crippen LogP contribution in [0.15, 0.2) is 41.4 Å². The van der Waals surface area contributed by atoms with Gasteiger partial charge in [0.15, 0.2) is 5.96 Å². The molecule has 0 bridgehead atoms. The Bertz CT molecular complexity index is 649. The molecule has 0 spiro atoms. The van der Waals surface area contributed by atoms with Crippen molar-refractivity contribution < 1.29 is 0 Å². The highest BCUT2D eigenvalue weighted by Crippen LogP contribution is 2.14. The second-order valence-corrected chi connectivity index (χ2v) is 6.19. The van der Waals surface area contributed by atoms with Crippen LogP contribution in [0.25, 0.3) is 10.9 Å².